The normalized spacial score (nSPS) is 35.0. The second-order valence-electron chi connectivity index (χ2n) is 5.73. The monoisotopic (exact) mass is 234 g/mol. The molecule has 92 valence electrons. The molecule has 3 aliphatic carbocycles. The molecule has 1 aromatic heterocycles. The molecule has 0 aromatic carbocycles. The molecule has 0 spiro atoms. The maximum Gasteiger partial charge on any atom is 0.307 e. The Balaban J connectivity index is 2.03. The van der Waals surface area contributed by atoms with Crippen LogP contribution in [0.3, 0.4) is 0 Å². The molecule has 0 amide bonds. The predicted octanol–water partition coefficient (Wildman–Crippen LogP) is 2.22. The van der Waals surface area contributed by atoms with Gasteiger partial charge in [0.2, 0.25) is 0 Å². The second kappa shape index (κ2) is 3.34. The van der Waals surface area contributed by atoms with Crippen molar-refractivity contribution in [2.75, 3.05) is 0 Å². The van der Waals surface area contributed by atoms with Gasteiger partial charge in [-0.1, -0.05) is 0 Å². The fourth-order valence-electron chi connectivity index (χ4n) is 3.92. The van der Waals surface area contributed by atoms with E-state index in [9.17, 15) is 9.90 Å². The van der Waals surface area contributed by atoms with Gasteiger partial charge in [0.15, 0.2) is 0 Å². The van der Waals surface area contributed by atoms with Gasteiger partial charge >= 0.3 is 5.97 Å². The molecule has 0 radical (unpaired) electrons. The molecule has 1 N–H and O–H groups in total. The smallest absolute Gasteiger partial charge is 0.307 e. The third-order valence-corrected chi connectivity index (χ3v) is 4.59. The van der Waals surface area contributed by atoms with E-state index in [-0.39, 0.29) is 11.3 Å². The zero-order valence-electron chi connectivity index (χ0n) is 10.3. The number of nitrogens with zero attached hydrogens (tertiary/aromatic N) is 2. The van der Waals surface area contributed by atoms with E-state index in [1.165, 1.54) is 0 Å². The van der Waals surface area contributed by atoms with E-state index in [1.54, 1.807) is 6.20 Å². The average molecular weight is 234 g/mol. The molecule has 1 heterocycles. The predicted molar refractivity (Wildman–Crippen MR) is 62.8 cm³/mol. The van der Waals surface area contributed by atoms with Gasteiger partial charge in [-0.05, 0) is 45.1 Å². The summed E-state index contributed by atoms with van der Waals surface area (Å²) >= 11 is 0. The minimum atomic E-state index is -0.629. The topological polar surface area (TPSA) is 55.1 Å². The Hall–Kier alpha value is -1.32. The number of fused-ring (bicyclic) bond motifs is 1. The first-order valence-corrected chi connectivity index (χ1v) is 6.33. The Morgan fingerprint density at radius 1 is 1.65 bits per heavy atom. The lowest BCUT2D eigenvalue weighted by molar-refractivity contribution is -0.150. The highest BCUT2D eigenvalue weighted by atomic mass is 16.4. The molecule has 3 unspecified atom stereocenters. The van der Waals surface area contributed by atoms with E-state index in [1.807, 2.05) is 10.7 Å². The molecule has 4 rings (SSSR count). The van der Waals surface area contributed by atoms with Gasteiger partial charge in [-0.15, -0.1) is 0 Å². The third-order valence-electron chi connectivity index (χ3n) is 4.59. The fraction of sp³-hybridized carbons (Fsp3) is 0.692. The Labute approximate surface area is 101 Å². The van der Waals surface area contributed by atoms with E-state index in [0.717, 1.165) is 25.0 Å². The minimum Gasteiger partial charge on any atom is -0.481 e. The lowest BCUT2D eigenvalue weighted by Gasteiger charge is -2.45. The van der Waals surface area contributed by atoms with Crippen LogP contribution in [0.1, 0.15) is 44.8 Å². The Bertz CT molecular complexity index is 462. The highest BCUT2D eigenvalue weighted by Gasteiger charge is 2.64. The third kappa shape index (κ3) is 1.24. The Morgan fingerprint density at radius 2 is 2.41 bits per heavy atom. The molecule has 3 fully saturated rings. The van der Waals surface area contributed by atoms with Crippen molar-refractivity contribution in [3.63, 3.8) is 0 Å². The number of hydrogen-bond donors (Lipinski definition) is 1. The number of carboxylic acids is 1. The van der Waals surface area contributed by atoms with Crippen LogP contribution >= 0.6 is 0 Å². The van der Waals surface area contributed by atoms with Crippen LogP contribution in [0.2, 0.25) is 0 Å². The van der Waals surface area contributed by atoms with E-state index in [2.05, 4.69) is 18.9 Å². The van der Waals surface area contributed by atoms with Crippen molar-refractivity contribution in [3.8, 4) is 0 Å². The van der Waals surface area contributed by atoms with Crippen molar-refractivity contribution in [1.29, 1.82) is 0 Å². The number of carboxylic acid groups (broad SMARTS) is 1. The summed E-state index contributed by atoms with van der Waals surface area (Å²) < 4.78 is 2.00. The van der Waals surface area contributed by atoms with Crippen LogP contribution in [0.25, 0.3) is 0 Å². The standard InChI is InChI=1S/C13H18N2O2/c1-8(2)15-10(4-6-14-15)13-5-3-9(7-13)11(13)12(16)17/h4,6,8-9,11H,3,5,7H2,1-2H3,(H,16,17). The minimum absolute atomic E-state index is 0.128. The van der Waals surface area contributed by atoms with Crippen LogP contribution in [0.15, 0.2) is 12.3 Å². The van der Waals surface area contributed by atoms with Crippen LogP contribution in [0, 0.1) is 11.8 Å². The van der Waals surface area contributed by atoms with Crippen LogP contribution in [-0.2, 0) is 10.2 Å². The molecular weight excluding hydrogens is 216 g/mol. The van der Waals surface area contributed by atoms with E-state index in [0.29, 0.717) is 12.0 Å². The van der Waals surface area contributed by atoms with Crippen LogP contribution in [-0.4, -0.2) is 20.9 Å². The lowest BCUT2D eigenvalue weighted by atomic mass is 9.58. The van der Waals surface area contributed by atoms with Gasteiger partial charge in [0.1, 0.15) is 0 Å². The fourth-order valence-corrected chi connectivity index (χ4v) is 3.92. The van der Waals surface area contributed by atoms with Gasteiger partial charge in [-0.3, -0.25) is 9.48 Å². The molecule has 0 aliphatic heterocycles. The van der Waals surface area contributed by atoms with Gasteiger partial charge < -0.3 is 5.11 Å². The first kappa shape index (κ1) is 10.8. The largest absolute Gasteiger partial charge is 0.481 e. The summed E-state index contributed by atoms with van der Waals surface area (Å²) in [6.07, 6.45) is 4.89. The van der Waals surface area contributed by atoms with Crippen molar-refractivity contribution in [3.05, 3.63) is 18.0 Å². The maximum absolute atomic E-state index is 11.4. The van der Waals surface area contributed by atoms with Gasteiger partial charge in [-0.25, -0.2) is 0 Å². The lowest BCUT2D eigenvalue weighted by Crippen LogP contribution is -2.49. The molecule has 4 heteroatoms. The van der Waals surface area contributed by atoms with Crippen molar-refractivity contribution >= 4 is 5.97 Å². The van der Waals surface area contributed by atoms with E-state index < -0.39 is 5.97 Å². The second-order valence-corrected chi connectivity index (χ2v) is 5.73. The van der Waals surface area contributed by atoms with Crippen molar-refractivity contribution in [2.24, 2.45) is 11.8 Å². The molecule has 3 aliphatic rings. The summed E-state index contributed by atoms with van der Waals surface area (Å²) in [4.78, 5) is 11.4. The molecular formula is C13H18N2O2. The average Bonchev–Trinajstić information content (AvgIpc) is 2.89. The van der Waals surface area contributed by atoms with Crippen molar-refractivity contribution < 1.29 is 9.90 Å². The number of hydrogen-bond acceptors (Lipinski definition) is 2. The molecule has 1 aromatic rings. The van der Waals surface area contributed by atoms with Gasteiger partial charge in [-0.2, -0.15) is 5.10 Å². The Kier molecular flexibility index (Phi) is 2.12. The van der Waals surface area contributed by atoms with Gasteiger partial charge in [0.05, 0.1) is 5.92 Å². The summed E-state index contributed by atoms with van der Waals surface area (Å²) in [5, 5.41) is 13.7. The molecule has 3 saturated carbocycles. The quantitative estimate of drug-likeness (QED) is 0.872. The molecule has 3 atom stereocenters. The molecule has 17 heavy (non-hydrogen) atoms. The number of aromatic nitrogens is 2. The van der Waals surface area contributed by atoms with E-state index >= 15 is 0 Å². The van der Waals surface area contributed by atoms with Crippen LogP contribution in [0.5, 0.6) is 0 Å². The summed E-state index contributed by atoms with van der Waals surface area (Å²) in [6, 6.07) is 2.31. The SMILES string of the molecule is CC(C)n1nccc1C12CCC(C1)C2C(=O)O. The highest BCUT2D eigenvalue weighted by molar-refractivity contribution is 5.75. The summed E-state index contributed by atoms with van der Waals surface area (Å²) in [5.74, 6) is -0.421. The van der Waals surface area contributed by atoms with Crippen LogP contribution in [0.4, 0.5) is 0 Å². The number of rotatable bonds is 3. The molecule has 4 nitrogen and oxygen atoms in total. The van der Waals surface area contributed by atoms with E-state index in [4.69, 9.17) is 0 Å². The number of aliphatic carboxylic acids is 1. The molecule has 2 bridgehead atoms. The van der Waals surface area contributed by atoms with Gasteiger partial charge in [0.25, 0.3) is 0 Å². The molecule has 0 saturated heterocycles. The van der Waals surface area contributed by atoms with Crippen molar-refractivity contribution in [2.45, 2.75) is 44.6 Å². The van der Waals surface area contributed by atoms with Crippen LogP contribution < -0.4 is 0 Å². The first-order valence-electron chi connectivity index (χ1n) is 6.33. The first-order chi connectivity index (χ1) is 8.06. The zero-order valence-corrected chi connectivity index (χ0v) is 10.3. The van der Waals surface area contributed by atoms with Gasteiger partial charge in [0, 0.05) is 23.3 Å². The maximum atomic E-state index is 11.4. The number of carbonyl (C=O) groups is 1. The highest BCUT2D eigenvalue weighted by Crippen LogP contribution is 2.64. The van der Waals surface area contributed by atoms with Crippen molar-refractivity contribution in [1.82, 2.24) is 9.78 Å². The summed E-state index contributed by atoms with van der Waals surface area (Å²) in [5.41, 5.74) is 1.01. The Morgan fingerprint density at radius 3 is 3.00 bits per heavy atom. The summed E-state index contributed by atoms with van der Waals surface area (Å²) in [7, 11) is 0. The zero-order chi connectivity index (χ0) is 12.2. The summed E-state index contributed by atoms with van der Waals surface area (Å²) in [6.45, 7) is 4.18.